The summed E-state index contributed by atoms with van der Waals surface area (Å²) in [5.74, 6) is 0. The second-order valence-corrected chi connectivity index (χ2v) is 5.07. The van der Waals surface area contributed by atoms with Gasteiger partial charge in [0.2, 0.25) is 0 Å². The van der Waals surface area contributed by atoms with Crippen LogP contribution in [0, 0.1) is 0 Å². The van der Waals surface area contributed by atoms with Gasteiger partial charge in [-0.3, -0.25) is 0 Å². The van der Waals surface area contributed by atoms with Crippen LogP contribution in [-0.2, 0) is 0 Å². The fraction of sp³-hybridized carbons (Fsp3) is 0.571. The van der Waals surface area contributed by atoms with Crippen LogP contribution in [0.3, 0.4) is 0 Å². The molecule has 1 rings (SSSR count). The first-order valence-corrected chi connectivity index (χ1v) is 5.98. The Labute approximate surface area is 99.5 Å². The molecule has 0 aliphatic rings. The molecule has 0 saturated carbocycles. The van der Waals surface area contributed by atoms with Crippen molar-refractivity contribution in [3.63, 3.8) is 0 Å². The van der Waals surface area contributed by atoms with Crippen LogP contribution in [0.15, 0.2) is 24.3 Å². The van der Waals surface area contributed by atoms with Gasteiger partial charge in [0.05, 0.1) is 0 Å². The normalized spacial score (nSPS) is 13.6. The second-order valence-electron chi connectivity index (χ2n) is 5.07. The minimum atomic E-state index is 0.0753. The summed E-state index contributed by atoms with van der Waals surface area (Å²) in [4.78, 5) is 2.33. The van der Waals surface area contributed by atoms with Crippen LogP contribution in [0.25, 0.3) is 0 Å². The van der Waals surface area contributed by atoms with Gasteiger partial charge >= 0.3 is 0 Å². The standard InChI is InChI=1S/C14H24N2/c1-6-14(3,4)16(5)13-10-8-7-9-12(13)11(2)15/h7-11H,6,15H2,1-5H3/t11-/m1/s1. The molecule has 0 spiro atoms. The Morgan fingerprint density at radius 1 is 1.31 bits per heavy atom. The highest BCUT2D eigenvalue weighted by molar-refractivity contribution is 5.56. The molecule has 1 aromatic rings. The van der Waals surface area contributed by atoms with Crippen LogP contribution >= 0.6 is 0 Å². The minimum Gasteiger partial charge on any atom is -0.369 e. The number of hydrogen-bond donors (Lipinski definition) is 1. The molecule has 0 saturated heterocycles. The zero-order valence-electron chi connectivity index (χ0n) is 11.1. The van der Waals surface area contributed by atoms with Crippen LogP contribution in [0.4, 0.5) is 5.69 Å². The summed E-state index contributed by atoms with van der Waals surface area (Å²) < 4.78 is 0. The highest BCUT2D eigenvalue weighted by atomic mass is 15.2. The van der Waals surface area contributed by atoms with Crippen LogP contribution in [0.5, 0.6) is 0 Å². The zero-order valence-corrected chi connectivity index (χ0v) is 11.1. The van der Waals surface area contributed by atoms with Crippen molar-refractivity contribution < 1.29 is 0 Å². The Kier molecular flexibility index (Phi) is 3.98. The van der Waals surface area contributed by atoms with E-state index in [1.165, 1.54) is 11.3 Å². The van der Waals surface area contributed by atoms with Crippen molar-refractivity contribution >= 4 is 5.69 Å². The van der Waals surface area contributed by atoms with Crippen molar-refractivity contribution in [2.45, 2.75) is 45.7 Å². The van der Waals surface area contributed by atoms with Crippen LogP contribution in [0.2, 0.25) is 0 Å². The van der Waals surface area contributed by atoms with E-state index in [0.29, 0.717) is 0 Å². The van der Waals surface area contributed by atoms with Crippen LogP contribution < -0.4 is 10.6 Å². The van der Waals surface area contributed by atoms with Gasteiger partial charge in [-0.25, -0.2) is 0 Å². The van der Waals surface area contributed by atoms with Crippen LogP contribution in [0.1, 0.15) is 45.7 Å². The van der Waals surface area contributed by atoms with E-state index < -0.39 is 0 Å². The first-order chi connectivity index (χ1) is 7.40. The number of benzene rings is 1. The average molecular weight is 220 g/mol. The molecule has 0 fully saturated rings. The molecule has 2 nitrogen and oxygen atoms in total. The smallest absolute Gasteiger partial charge is 0.0416 e. The van der Waals surface area contributed by atoms with E-state index in [0.717, 1.165) is 6.42 Å². The molecule has 0 radical (unpaired) electrons. The monoisotopic (exact) mass is 220 g/mol. The maximum Gasteiger partial charge on any atom is 0.0416 e. The number of nitrogens with zero attached hydrogens (tertiary/aromatic N) is 1. The molecule has 2 heteroatoms. The topological polar surface area (TPSA) is 29.3 Å². The first-order valence-electron chi connectivity index (χ1n) is 5.98. The lowest BCUT2D eigenvalue weighted by atomic mass is 9.96. The quantitative estimate of drug-likeness (QED) is 0.843. The maximum atomic E-state index is 6.01. The molecule has 0 aliphatic heterocycles. The molecular formula is C14H24N2. The third-order valence-electron chi connectivity index (χ3n) is 3.56. The van der Waals surface area contributed by atoms with Crippen molar-refractivity contribution in [2.75, 3.05) is 11.9 Å². The van der Waals surface area contributed by atoms with E-state index in [9.17, 15) is 0 Å². The summed E-state index contributed by atoms with van der Waals surface area (Å²) in [7, 11) is 2.14. The lowest BCUT2D eigenvalue weighted by Gasteiger charge is -2.38. The summed E-state index contributed by atoms with van der Waals surface area (Å²) >= 11 is 0. The maximum absolute atomic E-state index is 6.01. The van der Waals surface area contributed by atoms with E-state index >= 15 is 0 Å². The van der Waals surface area contributed by atoms with Crippen molar-refractivity contribution in [3.05, 3.63) is 29.8 Å². The molecule has 1 atom stereocenters. The van der Waals surface area contributed by atoms with Gasteiger partial charge in [-0.05, 0) is 38.8 Å². The summed E-state index contributed by atoms with van der Waals surface area (Å²) in [5.41, 5.74) is 8.62. The van der Waals surface area contributed by atoms with E-state index in [1.54, 1.807) is 0 Å². The van der Waals surface area contributed by atoms with Gasteiger partial charge in [0.1, 0.15) is 0 Å². The number of rotatable bonds is 4. The molecule has 16 heavy (non-hydrogen) atoms. The van der Waals surface area contributed by atoms with Crippen LogP contribution in [-0.4, -0.2) is 12.6 Å². The predicted molar refractivity (Wildman–Crippen MR) is 71.8 cm³/mol. The van der Waals surface area contributed by atoms with Gasteiger partial charge in [-0.15, -0.1) is 0 Å². The minimum absolute atomic E-state index is 0.0753. The van der Waals surface area contributed by atoms with Gasteiger partial charge in [0, 0.05) is 24.3 Å². The fourth-order valence-electron chi connectivity index (χ4n) is 1.74. The largest absolute Gasteiger partial charge is 0.369 e. The SMILES string of the molecule is CCC(C)(C)N(C)c1ccccc1[C@@H](C)N. The number of anilines is 1. The summed E-state index contributed by atoms with van der Waals surface area (Å²) in [5, 5.41) is 0. The molecule has 1 aromatic carbocycles. The third-order valence-corrected chi connectivity index (χ3v) is 3.56. The molecule has 0 unspecified atom stereocenters. The predicted octanol–water partition coefficient (Wildman–Crippen LogP) is 3.33. The molecule has 0 amide bonds. The number of nitrogens with two attached hydrogens (primary N) is 1. The third kappa shape index (κ3) is 2.56. The molecule has 0 bridgehead atoms. The Morgan fingerprint density at radius 2 is 1.88 bits per heavy atom. The van der Waals surface area contributed by atoms with E-state index in [4.69, 9.17) is 5.73 Å². The highest BCUT2D eigenvalue weighted by Gasteiger charge is 2.23. The van der Waals surface area contributed by atoms with Crippen molar-refractivity contribution in [1.29, 1.82) is 0 Å². The Morgan fingerprint density at radius 3 is 2.38 bits per heavy atom. The number of hydrogen-bond acceptors (Lipinski definition) is 2. The Balaban J connectivity index is 3.13. The highest BCUT2D eigenvalue weighted by Crippen LogP contribution is 2.30. The van der Waals surface area contributed by atoms with Crippen molar-refractivity contribution in [2.24, 2.45) is 5.73 Å². The van der Waals surface area contributed by atoms with Gasteiger partial charge in [-0.2, -0.15) is 0 Å². The van der Waals surface area contributed by atoms with E-state index in [1.807, 2.05) is 6.92 Å². The van der Waals surface area contributed by atoms with Crippen molar-refractivity contribution in [1.82, 2.24) is 0 Å². The average Bonchev–Trinajstić information content (AvgIpc) is 2.28. The van der Waals surface area contributed by atoms with Gasteiger partial charge < -0.3 is 10.6 Å². The molecule has 2 N–H and O–H groups in total. The summed E-state index contributed by atoms with van der Waals surface area (Å²) in [6.45, 7) is 8.76. The molecule has 0 aliphatic carbocycles. The molecule has 0 aromatic heterocycles. The zero-order chi connectivity index (χ0) is 12.3. The van der Waals surface area contributed by atoms with E-state index in [-0.39, 0.29) is 11.6 Å². The molecule has 90 valence electrons. The summed E-state index contributed by atoms with van der Waals surface area (Å²) in [6.07, 6.45) is 1.11. The lowest BCUT2D eigenvalue weighted by molar-refractivity contribution is 0.469. The van der Waals surface area contributed by atoms with Crippen molar-refractivity contribution in [3.8, 4) is 0 Å². The Hall–Kier alpha value is -1.02. The lowest BCUT2D eigenvalue weighted by Crippen LogP contribution is -2.41. The Bertz CT molecular complexity index is 342. The number of para-hydroxylation sites is 1. The van der Waals surface area contributed by atoms with E-state index in [2.05, 4.69) is 57.0 Å². The molecular weight excluding hydrogens is 196 g/mol. The first kappa shape index (κ1) is 13.0. The second kappa shape index (κ2) is 4.88. The van der Waals surface area contributed by atoms with Gasteiger partial charge in [0.25, 0.3) is 0 Å². The van der Waals surface area contributed by atoms with Gasteiger partial charge in [-0.1, -0.05) is 25.1 Å². The fourth-order valence-corrected chi connectivity index (χ4v) is 1.74. The summed E-state index contributed by atoms with van der Waals surface area (Å²) in [6, 6.07) is 8.46. The molecule has 0 heterocycles. The van der Waals surface area contributed by atoms with Gasteiger partial charge in [0.15, 0.2) is 0 Å².